The number of ether oxygens (including phenoxy) is 1. The quantitative estimate of drug-likeness (QED) is 0.721. The van der Waals surface area contributed by atoms with E-state index in [1.165, 1.54) is 0 Å². The average Bonchev–Trinajstić information content (AvgIpc) is 2.48. The lowest BCUT2D eigenvalue weighted by Crippen LogP contribution is -2.31. The third-order valence-electron chi connectivity index (χ3n) is 3.21. The second-order valence-corrected chi connectivity index (χ2v) is 6.42. The first-order valence-electron chi connectivity index (χ1n) is 6.64. The lowest BCUT2D eigenvalue weighted by Gasteiger charge is -2.25. The second-order valence-electron chi connectivity index (χ2n) is 4.72. The van der Waals surface area contributed by atoms with Gasteiger partial charge in [-0.3, -0.25) is 0 Å². The zero-order valence-electron chi connectivity index (χ0n) is 11.5. The molecule has 0 radical (unpaired) electrons. The highest BCUT2D eigenvalue weighted by molar-refractivity contribution is 9.10. The molecular weight excluding hydrogens is 373 g/mol. The van der Waals surface area contributed by atoms with Crippen molar-refractivity contribution in [1.29, 1.82) is 0 Å². The SMILES string of the molecule is CCC(N)C(Oc1cccc(Cl)c1Cl)c1cccc(Br)c1. The highest BCUT2D eigenvalue weighted by Gasteiger charge is 2.22. The van der Waals surface area contributed by atoms with Crippen LogP contribution in [0.3, 0.4) is 0 Å². The highest BCUT2D eigenvalue weighted by atomic mass is 79.9. The molecule has 0 amide bonds. The summed E-state index contributed by atoms with van der Waals surface area (Å²) in [4.78, 5) is 0. The zero-order chi connectivity index (χ0) is 15.4. The number of halogens is 3. The topological polar surface area (TPSA) is 35.2 Å². The summed E-state index contributed by atoms with van der Waals surface area (Å²) in [5.74, 6) is 0.540. The fraction of sp³-hybridized carbons (Fsp3) is 0.250. The van der Waals surface area contributed by atoms with Crippen LogP contribution in [0.15, 0.2) is 46.9 Å². The predicted molar refractivity (Wildman–Crippen MR) is 92.2 cm³/mol. The molecule has 2 nitrogen and oxygen atoms in total. The summed E-state index contributed by atoms with van der Waals surface area (Å²) >= 11 is 15.7. The van der Waals surface area contributed by atoms with Crippen molar-refractivity contribution in [3.8, 4) is 5.75 Å². The van der Waals surface area contributed by atoms with Gasteiger partial charge in [0.2, 0.25) is 0 Å². The number of hydrogen-bond acceptors (Lipinski definition) is 2. The van der Waals surface area contributed by atoms with E-state index < -0.39 is 0 Å². The van der Waals surface area contributed by atoms with Gasteiger partial charge in [0.25, 0.3) is 0 Å². The third kappa shape index (κ3) is 4.13. The van der Waals surface area contributed by atoms with Crippen molar-refractivity contribution >= 4 is 39.1 Å². The van der Waals surface area contributed by atoms with E-state index in [0.717, 1.165) is 16.5 Å². The van der Waals surface area contributed by atoms with Gasteiger partial charge in [-0.05, 0) is 36.2 Å². The van der Waals surface area contributed by atoms with Gasteiger partial charge in [-0.25, -0.2) is 0 Å². The third-order valence-corrected chi connectivity index (χ3v) is 4.50. The molecule has 0 saturated heterocycles. The van der Waals surface area contributed by atoms with Crippen LogP contribution in [-0.4, -0.2) is 6.04 Å². The molecule has 5 heteroatoms. The lowest BCUT2D eigenvalue weighted by atomic mass is 10.0. The molecular formula is C16H16BrCl2NO. The van der Waals surface area contributed by atoms with Gasteiger partial charge >= 0.3 is 0 Å². The lowest BCUT2D eigenvalue weighted by molar-refractivity contribution is 0.171. The average molecular weight is 389 g/mol. The minimum atomic E-state index is -0.288. The molecule has 0 aliphatic rings. The van der Waals surface area contributed by atoms with E-state index in [-0.39, 0.29) is 12.1 Å². The van der Waals surface area contributed by atoms with Crippen molar-refractivity contribution in [3.05, 3.63) is 62.5 Å². The monoisotopic (exact) mass is 387 g/mol. The zero-order valence-corrected chi connectivity index (χ0v) is 14.6. The summed E-state index contributed by atoms with van der Waals surface area (Å²) in [6.45, 7) is 2.03. The first kappa shape index (κ1) is 16.6. The van der Waals surface area contributed by atoms with Crippen LogP contribution in [0.4, 0.5) is 0 Å². The Balaban J connectivity index is 2.35. The van der Waals surface area contributed by atoms with E-state index in [2.05, 4.69) is 15.9 Å². The highest BCUT2D eigenvalue weighted by Crippen LogP contribution is 2.35. The molecule has 2 unspecified atom stereocenters. The van der Waals surface area contributed by atoms with Gasteiger partial charge < -0.3 is 10.5 Å². The van der Waals surface area contributed by atoms with Crippen molar-refractivity contribution in [3.63, 3.8) is 0 Å². The number of rotatable bonds is 5. The van der Waals surface area contributed by atoms with Gasteiger partial charge in [0.15, 0.2) is 0 Å². The van der Waals surface area contributed by atoms with E-state index >= 15 is 0 Å². The van der Waals surface area contributed by atoms with Crippen LogP contribution in [0.5, 0.6) is 5.75 Å². The Morgan fingerprint density at radius 3 is 2.57 bits per heavy atom. The molecule has 2 atom stereocenters. The normalized spacial score (nSPS) is 13.8. The standard InChI is InChI=1S/C16H16BrCl2NO/c1-2-13(20)16(10-5-3-6-11(17)9-10)21-14-8-4-7-12(18)15(14)19/h3-9,13,16H,2,20H2,1H3. The fourth-order valence-electron chi connectivity index (χ4n) is 2.01. The molecule has 0 saturated carbocycles. The van der Waals surface area contributed by atoms with Crippen molar-refractivity contribution in [2.24, 2.45) is 5.73 Å². The van der Waals surface area contributed by atoms with Crippen molar-refractivity contribution in [1.82, 2.24) is 0 Å². The molecule has 0 heterocycles. The van der Waals surface area contributed by atoms with Crippen LogP contribution < -0.4 is 10.5 Å². The van der Waals surface area contributed by atoms with Gasteiger partial charge in [-0.2, -0.15) is 0 Å². The summed E-state index contributed by atoms with van der Waals surface area (Å²) in [5, 5.41) is 0.870. The minimum absolute atomic E-state index is 0.144. The Bertz CT molecular complexity index is 621. The van der Waals surface area contributed by atoms with Gasteiger partial charge in [0.05, 0.1) is 5.02 Å². The number of benzene rings is 2. The maximum absolute atomic E-state index is 6.22. The Labute approximate surface area is 143 Å². The Hall–Kier alpha value is -0.740. The van der Waals surface area contributed by atoms with E-state index in [1.807, 2.05) is 31.2 Å². The Kier molecular flexibility index (Phi) is 5.94. The van der Waals surface area contributed by atoms with Gasteiger partial charge in [0.1, 0.15) is 16.9 Å². The molecule has 2 N–H and O–H groups in total. The molecule has 0 spiro atoms. The van der Waals surface area contributed by atoms with Crippen LogP contribution in [-0.2, 0) is 0 Å². The molecule has 2 rings (SSSR count). The largest absolute Gasteiger partial charge is 0.482 e. The molecule has 0 fully saturated rings. The second kappa shape index (κ2) is 7.50. The van der Waals surface area contributed by atoms with Crippen molar-refractivity contribution < 1.29 is 4.74 Å². The summed E-state index contributed by atoms with van der Waals surface area (Å²) in [6, 6.07) is 13.1. The summed E-state index contributed by atoms with van der Waals surface area (Å²) < 4.78 is 7.04. The Morgan fingerprint density at radius 2 is 1.90 bits per heavy atom. The summed E-state index contributed by atoms with van der Waals surface area (Å²) in [6.07, 6.45) is 0.499. The molecule has 0 aliphatic heterocycles. The van der Waals surface area contributed by atoms with Crippen molar-refractivity contribution in [2.75, 3.05) is 0 Å². The molecule has 0 bridgehead atoms. The van der Waals surface area contributed by atoms with E-state index in [1.54, 1.807) is 18.2 Å². The smallest absolute Gasteiger partial charge is 0.140 e. The maximum Gasteiger partial charge on any atom is 0.140 e. The molecule has 2 aromatic rings. The molecule has 0 aromatic heterocycles. The first-order valence-corrected chi connectivity index (χ1v) is 8.19. The van der Waals surface area contributed by atoms with E-state index in [9.17, 15) is 0 Å². The van der Waals surface area contributed by atoms with Crippen LogP contribution in [0.2, 0.25) is 10.0 Å². The summed E-state index contributed by atoms with van der Waals surface area (Å²) in [5.41, 5.74) is 7.21. The Morgan fingerprint density at radius 1 is 1.19 bits per heavy atom. The number of hydrogen-bond donors (Lipinski definition) is 1. The maximum atomic E-state index is 6.22. The summed E-state index contributed by atoms with van der Waals surface area (Å²) in [7, 11) is 0. The van der Waals surface area contributed by atoms with Gasteiger partial charge in [-0.1, -0.05) is 64.3 Å². The van der Waals surface area contributed by atoms with Gasteiger partial charge in [0, 0.05) is 10.5 Å². The van der Waals surface area contributed by atoms with Crippen LogP contribution >= 0.6 is 39.1 Å². The predicted octanol–water partition coefficient (Wildman–Crippen LogP) is 5.61. The van der Waals surface area contributed by atoms with Crippen LogP contribution in [0.1, 0.15) is 25.0 Å². The fourth-order valence-corrected chi connectivity index (χ4v) is 2.77. The minimum Gasteiger partial charge on any atom is -0.482 e. The molecule has 0 aliphatic carbocycles. The number of nitrogens with two attached hydrogens (primary N) is 1. The van der Waals surface area contributed by atoms with Gasteiger partial charge in [-0.15, -0.1) is 0 Å². The van der Waals surface area contributed by atoms with Crippen LogP contribution in [0, 0.1) is 0 Å². The van der Waals surface area contributed by atoms with Crippen LogP contribution in [0.25, 0.3) is 0 Å². The first-order chi connectivity index (χ1) is 10.0. The van der Waals surface area contributed by atoms with E-state index in [0.29, 0.717) is 15.8 Å². The van der Waals surface area contributed by atoms with Crippen molar-refractivity contribution in [2.45, 2.75) is 25.5 Å². The molecule has 21 heavy (non-hydrogen) atoms. The molecule has 2 aromatic carbocycles. The molecule has 112 valence electrons. The van der Waals surface area contributed by atoms with E-state index in [4.69, 9.17) is 33.7 Å².